The van der Waals surface area contributed by atoms with Gasteiger partial charge in [-0.1, -0.05) is 140 Å². The summed E-state index contributed by atoms with van der Waals surface area (Å²) < 4.78 is 14.2. The fraction of sp³-hybridized carbons (Fsp3) is 0.200. The number of esters is 2. The Morgan fingerprint density at radius 1 is 0.714 bits per heavy atom. The molecule has 0 bridgehead atoms. The van der Waals surface area contributed by atoms with Crippen molar-refractivity contribution in [3.63, 3.8) is 0 Å². The molecule has 0 aliphatic carbocycles. The van der Waals surface area contributed by atoms with Gasteiger partial charge in [-0.3, -0.25) is 4.79 Å². The molecule has 0 saturated carbocycles. The van der Waals surface area contributed by atoms with Gasteiger partial charge < -0.3 is 19.1 Å². The third-order valence-corrected chi connectivity index (χ3v) is 9.63. The normalized spacial score (nSPS) is 11.7. The first kappa shape index (κ1) is 37.6. The summed E-state index contributed by atoms with van der Waals surface area (Å²) in [5, 5.41) is 24.7. The molecule has 0 fully saturated rings. The molecule has 0 aliphatic heterocycles. The number of hydrogen-bond acceptors (Lipinski definition) is 9. The van der Waals surface area contributed by atoms with Gasteiger partial charge in [0.05, 0.1) is 6.61 Å². The van der Waals surface area contributed by atoms with Crippen molar-refractivity contribution < 1.29 is 24.2 Å². The molecule has 2 aromatic heterocycles. The molecule has 5 aromatic carbocycles. The molecule has 2 heterocycles. The molecule has 282 valence electrons. The zero-order valence-corrected chi connectivity index (χ0v) is 31.7. The van der Waals surface area contributed by atoms with Crippen LogP contribution in [0.3, 0.4) is 0 Å². The zero-order chi connectivity index (χ0) is 39.3. The monoisotopic (exact) mass is 746 g/mol. The Morgan fingerprint density at radius 3 is 1.77 bits per heavy atom. The number of tetrazole rings is 1. The number of nitrogens with zero attached hydrogens (tertiary/aromatic N) is 6. The van der Waals surface area contributed by atoms with Crippen LogP contribution >= 0.6 is 0 Å². The molecule has 0 radical (unpaired) electrons. The van der Waals surface area contributed by atoms with Crippen molar-refractivity contribution in [2.45, 2.75) is 52.0 Å². The zero-order valence-electron chi connectivity index (χ0n) is 31.7. The van der Waals surface area contributed by atoms with E-state index in [1.807, 2.05) is 108 Å². The lowest BCUT2D eigenvalue weighted by Gasteiger charge is -2.36. The van der Waals surface area contributed by atoms with E-state index in [0.29, 0.717) is 11.6 Å². The van der Waals surface area contributed by atoms with E-state index >= 15 is 0 Å². The van der Waals surface area contributed by atoms with Gasteiger partial charge in [0.25, 0.3) is 0 Å². The Balaban J connectivity index is 1.33. The Labute approximate surface area is 325 Å². The van der Waals surface area contributed by atoms with Crippen LogP contribution in [0.1, 0.15) is 72.0 Å². The summed E-state index contributed by atoms with van der Waals surface area (Å²) in [5.41, 5.74) is 4.32. The topological polar surface area (TPSA) is 134 Å². The van der Waals surface area contributed by atoms with E-state index in [4.69, 9.17) is 14.7 Å². The smallest absolute Gasteiger partial charge is 0.357 e. The Bertz CT molecular complexity index is 2340. The van der Waals surface area contributed by atoms with Crippen molar-refractivity contribution in [2.75, 3.05) is 6.61 Å². The van der Waals surface area contributed by atoms with E-state index in [-0.39, 0.29) is 31.1 Å². The number of rotatable bonds is 13. The lowest BCUT2D eigenvalue weighted by Crippen LogP contribution is -2.39. The van der Waals surface area contributed by atoms with Crippen molar-refractivity contribution in [1.82, 2.24) is 29.8 Å². The van der Waals surface area contributed by atoms with Gasteiger partial charge in [0, 0.05) is 19.0 Å². The van der Waals surface area contributed by atoms with Crippen LogP contribution in [-0.4, -0.2) is 53.4 Å². The number of carbonyl (C=O) groups excluding carboxylic acids is 2. The van der Waals surface area contributed by atoms with Crippen LogP contribution in [0.5, 0.6) is 0 Å². The van der Waals surface area contributed by atoms with E-state index in [1.165, 1.54) is 6.92 Å². The average Bonchev–Trinajstić information content (AvgIpc) is 3.85. The van der Waals surface area contributed by atoms with E-state index in [2.05, 4.69) is 51.7 Å². The van der Waals surface area contributed by atoms with Crippen LogP contribution in [0.2, 0.25) is 0 Å². The van der Waals surface area contributed by atoms with Crippen LogP contribution < -0.4 is 0 Å². The summed E-state index contributed by atoms with van der Waals surface area (Å²) in [6, 6.07) is 46.7. The van der Waals surface area contributed by atoms with Gasteiger partial charge >= 0.3 is 11.9 Å². The van der Waals surface area contributed by atoms with Crippen molar-refractivity contribution >= 4 is 11.9 Å². The molecule has 0 saturated heterocycles. The van der Waals surface area contributed by atoms with Crippen LogP contribution in [0.4, 0.5) is 0 Å². The van der Waals surface area contributed by atoms with Gasteiger partial charge in [0.15, 0.2) is 11.5 Å². The second-order valence-corrected chi connectivity index (χ2v) is 13.8. The SMILES string of the molecule is CCOC(=O)c1c(C(C)(C)O)nc(COC(C)=O)n1Cc1ccc(-c2ccccc2-c2nnnn2C(c2ccccc2)(c2ccccc2)c2ccccc2)cc1. The number of ether oxygens (including phenoxy) is 2. The Morgan fingerprint density at radius 2 is 1.25 bits per heavy atom. The quantitative estimate of drug-likeness (QED) is 0.0937. The molecule has 0 amide bonds. The Kier molecular flexibility index (Phi) is 10.7. The predicted molar refractivity (Wildman–Crippen MR) is 211 cm³/mol. The predicted octanol–water partition coefficient (Wildman–Crippen LogP) is 7.56. The van der Waals surface area contributed by atoms with Crippen LogP contribution in [0, 0.1) is 0 Å². The molecule has 7 rings (SSSR count). The molecule has 11 heteroatoms. The molecule has 11 nitrogen and oxygen atoms in total. The highest BCUT2D eigenvalue weighted by atomic mass is 16.5. The summed E-state index contributed by atoms with van der Waals surface area (Å²) in [4.78, 5) is 29.7. The number of hydrogen-bond donors (Lipinski definition) is 1. The highest BCUT2D eigenvalue weighted by molar-refractivity contribution is 5.89. The van der Waals surface area contributed by atoms with Crippen molar-refractivity contribution in [2.24, 2.45) is 0 Å². The molecule has 56 heavy (non-hydrogen) atoms. The lowest BCUT2D eigenvalue weighted by atomic mass is 9.77. The van der Waals surface area contributed by atoms with Gasteiger partial charge in [0.1, 0.15) is 29.3 Å². The van der Waals surface area contributed by atoms with Gasteiger partial charge in [-0.05, 0) is 64.6 Å². The lowest BCUT2D eigenvalue weighted by molar-refractivity contribution is -0.142. The molecular weight excluding hydrogens is 705 g/mol. The van der Waals surface area contributed by atoms with E-state index in [9.17, 15) is 14.7 Å². The summed E-state index contributed by atoms with van der Waals surface area (Å²) in [6.07, 6.45) is 0. The maximum absolute atomic E-state index is 13.3. The molecule has 7 aromatic rings. The maximum atomic E-state index is 13.3. The number of imidazole rings is 1. The highest BCUT2D eigenvalue weighted by Crippen LogP contribution is 2.43. The standard InChI is InChI=1S/C45H42N6O5/c1-5-55-43(53)40-41(44(3,4)54)46-39(30-56-31(2)52)50(40)29-32-25-27-33(28-26-32)37-23-15-16-24-38(37)42-47-48-49-51(42)45(34-17-9-6-10-18-34,35-19-11-7-12-20-35)36-21-13-8-14-22-36/h6-28,54H,5,29-30H2,1-4H3. The number of carbonyl (C=O) groups is 2. The van der Waals surface area contributed by atoms with E-state index < -0.39 is 23.1 Å². The minimum atomic E-state index is -1.47. The van der Waals surface area contributed by atoms with Crippen molar-refractivity contribution in [1.29, 1.82) is 0 Å². The largest absolute Gasteiger partial charge is 0.461 e. The highest BCUT2D eigenvalue weighted by Gasteiger charge is 2.42. The third-order valence-electron chi connectivity index (χ3n) is 9.63. The molecule has 0 aliphatic rings. The molecule has 1 N–H and O–H groups in total. The summed E-state index contributed by atoms with van der Waals surface area (Å²) in [7, 11) is 0. The van der Waals surface area contributed by atoms with Gasteiger partial charge in [-0.2, -0.15) is 0 Å². The van der Waals surface area contributed by atoms with E-state index in [0.717, 1.165) is 38.9 Å². The number of aliphatic hydroxyl groups is 1. The van der Waals surface area contributed by atoms with Crippen molar-refractivity contribution in [3.05, 3.63) is 179 Å². The third kappa shape index (κ3) is 7.24. The van der Waals surface area contributed by atoms with Crippen LogP contribution in [0.15, 0.2) is 140 Å². The first-order chi connectivity index (χ1) is 27.1. The second-order valence-electron chi connectivity index (χ2n) is 13.8. The summed E-state index contributed by atoms with van der Waals surface area (Å²) in [5.74, 6) is -0.245. The number of aromatic nitrogens is 6. The molecule has 0 unspecified atom stereocenters. The second kappa shape index (κ2) is 15.9. The van der Waals surface area contributed by atoms with Gasteiger partial charge in [-0.15, -0.1) is 5.10 Å². The minimum Gasteiger partial charge on any atom is -0.461 e. The summed E-state index contributed by atoms with van der Waals surface area (Å²) >= 11 is 0. The van der Waals surface area contributed by atoms with Crippen LogP contribution in [-0.2, 0) is 38.6 Å². The molecule has 0 atom stereocenters. The van der Waals surface area contributed by atoms with Gasteiger partial charge in [-0.25, -0.2) is 14.5 Å². The first-order valence-electron chi connectivity index (χ1n) is 18.4. The Hall–Kier alpha value is -6.72. The van der Waals surface area contributed by atoms with Gasteiger partial charge in [0.2, 0.25) is 0 Å². The van der Waals surface area contributed by atoms with Crippen molar-refractivity contribution in [3.8, 4) is 22.5 Å². The fourth-order valence-corrected chi connectivity index (χ4v) is 7.17. The first-order valence-corrected chi connectivity index (χ1v) is 18.4. The molecular formula is C45H42N6O5. The molecule has 0 spiro atoms. The minimum absolute atomic E-state index is 0.0986. The fourth-order valence-electron chi connectivity index (χ4n) is 7.17. The number of benzene rings is 5. The van der Waals surface area contributed by atoms with E-state index in [1.54, 1.807) is 25.3 Å². The average molecular weight is 747 g/mol. The van der Waals surface area contributed by atoms with Crippen LogP contribution in [0.25, 0.3) is 22.5 Å². The maximum Gasteiger partial charge on any atom is 0.357 e. The summed E-state index contributed by atoms with van der Waals surface area (Å²) in [6.45, 7) is 6.25.